The van der Waals surface area contributed by atoms with Crippen LogP contribution in [0, 0.1) is 0 Å². The number of benzene rings is 2. The maximum absolute atomic E-state index is 9.82. The monoisotopic (exact) mass is 422 g/mol. The number of rotatable bonds is 15. The van der Waals surface area contributed by atoms with E-state index in [0.717, 1.165) is 12.0 Å². The molecule has 31 heavy (non-hydrogen) atoms. The number of allylic oxidation sites excluding steroid dienone is 1. The van der Waals surface area contributed by atoms with Gasteiger partial charge < -0.3 is 10.2 Å². The van der Waals surface area contributed by atoms with Crippen molar-refractivity contribution in [2.45, 2.75) is 84.0 Å². The van der Waals surface area contributed by atoms with E-state index in [1.165, 1.54) is 70.6 Å². The molecule has 0 saturated carbocycles. The second-order valence-corrected chi connectivity index (χ2v) is 8.19. The highest BCUT2D eigenvalue weighted by Gasteiger charge is 2.01. The Bertz CT molecular complexity index is 797. The topological polar surface area (TPSA) is 65.2 Å². The molecule has 0 aliphatic rings. The lowest BCUT2D eigenvalue weighted by Crippen LogP contribution is -1.82. The van der Waals surface area contributed by atoms with E-state index in [1.54, 1.807) is 42.5 Å². The molecule has 0 bridgehead atoms. The van der Waals surface area contributed by atoms with Crippen molar-refractivity contribution < 1.29 is 10.2 Å². The second kappa shape index (κ2) is 15.2. The van der Waals surface area contributed by atoms with Gasteiger partial charge in [0.05, 0.1) is 11.4 Å². The number of hydrogen-bond acceptors (Lipinski definition) is 4. The molecule has 0 atom stereocenters. The molecule has 0 heterocycles. The van der Waals surface area contributed by atoms with E-state index in [1.807, 2.05) is 6.08 Å². The fourth-order valence-corrected chi connectivity index (χ4v) is 3.53. The van der Waals surface area contributed by atoms with Gasteiger partial charge in [-0.05, 0) is 55.3 Å². The van der Waals surface area contributed by atoms with Gasteiger partial charge in [-0.2, -0.15) is 5.11 Å². The van der Waals surface area contributed by atoms with Gasteiger partial charge in [0, 0.05) is 5.56 Å². The molecule has 4 heteroatoms. The lowest BCUT2D eigenvalue weighted by Gasteiger charge is -2.02. The van der Waals surface area contributed by atoms with Crippen LogP contribution < -0.4 is 0 Å². The van der Waals surface area contributed by atoms with Crippen LogP contribution in [0.2, 0.25) is 0 Å². The predicted molar refractivity (Wildman–Crippen MR) is 131 cm³/mol. The van der Waals surface area contributed by atoms with Crippen molar-refractivity contribution in [1.82, 2.24) is 0 Å². The summed E-state index contributed by atoms with van der Waals surface area (Å²) in [6.07, 6.45) is 20.0. The zero-order chi connectivity index (χ0) is 22.2. The molecule has 0 aliphatic heterocycles. The average molecular weight is 423 g/mol. The fraction of sp³-hybridized carbons (Fsp3) is 0.481. The molecular weight excluding hydrogens is 384 g/mol. The van der Waals surface area contributed by atoms with E-state index in [9.17, 15) is 10.2 Å². The number of phenols is 2. The molecule has 2 aromatic carbocycles. The number of aromatic hydroxyl groups is 2. The third kappa shape index (κ3) is 10.8. The molecule has 0 unspecified atom stereocenters. The zero-order valence-electron chi connectivity index (χ0n) is 19.0. The largest absolute Gasteiger partial charge is 0.508 e. The third-order valence-electron chi connectivity index (χ3n) is 5.41. The van der Waals surface area contributed by atoms with Crippen molar-refractivity contribution in [1.29, 1.82) is 0 Å². The Morgan fingerprint density at radius 3 is 1.90 bits per heavy atom. The first-order valence-electron chi connectivity index (χ1n) is 11.9. The number of azo groups is 1. The number of phenolic OH excluding ortho intramolecular Hbond substituents is 2. The minimum Gasteiger partial charge on any atom is -0.508 e. The van der Waals surface area contributed by atoms with E-state index in [0.29, 0.717) is 11.4 Å². The molecule has 168 valence electrons. The summed E-state index contributed by atoms with van der Waals surface area (Å²) >= 11 is 0. The SMILES string of the molecule is CCCCCCCCCCCCCC=Cc1cc(O)ccc1N=Nc1ccc(O)cc1. The van der Waals surface area contributed by atoms with E-state index in [4.69, 9.17) is 0 Å². The lowest BCUT2D eigenvalue weighted by atomic mass is 10.0. The van der Waals surface area contributed by atoms with Crippen LogP contribution in [0.15, 0.2) is 58.8 Å². The Morgan fingerprint density at radius 2 is 1.26 bits per heavy atom. The van der Waals surface area contributed by atoms with Crippen molar-refractivity contribution in [2.75, 3.05) is 0 Å². The number of unbranched alkanes of at least 4 members (excludes halogenated alkanes) is 11. The molecule has 0 aliphatic carbocycles. The van der Waals surface area contributed by atoms with E-state index < -0.39 is 0 Å². The Balaban J connectivity index is 1.69. The smallest absolute Gasteiger partial charge is 0.116 e. The van der Waals surface area contributed by atoms with Gasteiger partial charge in [0.1, 0.15) is 11.5 Å². The van der Waals surface area contributed by atoms with Crippen LogP contribution >= 0.6 is 0 Å². The third-order valence-corrected chi connectivity index (χ3v) is 5.41. The van der Waals surface area contributed by atoms with Crippen LogP contribution in [-0.4, -0.2) is 10.2 Å². The van der Waals surface area contributed by atoms with Crippen molar-refractivity contribution >= 4 is 17.5 Å². The quantitative estimate of drug-likeness (QED) is 0.222. The first kappa shape index (κ1) is 24.6. The molecule has 0 radical (unpaired) electrons. The van der Waals surface area contributed by atoms with Crippen LogP contribution in [0.25, 0.3) is 6.08 Å². The molecule has 4 nitrogen and oxygen atoms in total. The van der Waals surface area contributed by atoms with Crippen molar-refractivity contribution in [3.05, 3.63) is 54.1 Å². The summed E-state index contributed by atoms with van der Waals surface area (Å²) in [7, 11) is 0. The van der Waals surface area contributed by atoms with Crippen molar-refractivity contribution in [3.63, 3.8) is 0 Å². The zero-order valence-corrected chi connectivity index (χ0v) is 19.0. The van der Waals surface area contributed by atoms with Gasteiger partial charge in [0.15, 0.2) is 0 Å². The molecule has 0 fully saturated rings. The molecule has 0 spiro atoms. The standard InChI is InChI=1S/C27H38N2O2/c1-2-3-4-5-6-7-8-9-10-11-12-13-14-15-23-22-26(31)20-21-27(23)29-28-24-16-18-25(30)19-17-24/h14-22,30-31H,2-13H2,1H3. The van der Waals surface area contributed by atoms with Gasteiger partial charge in [-0.1, -0.05) is 83.3 Å². The maximum atomic E-state index is 9.82. The van der Waals surface area contributed by atoms with Crippen LogP contribution in [0.1, 0.15) is 89.5 Å². The van der Waals surface area contributed by atoms with Gasteiger partial charge in [-0.15, -0.1) is 5.11 Å². The predicted octanol–water partition coefficient (Wildman–Crippen LogP) is 9.23. The molecule has 0 amide bonds. The normalized spacial score (nSPS) is 11.6. The van der Waals surface area contributed by atoms with Gasteiger partial charge in [0.2, 0.25) is 0 Å². The minimum absolute atomic E-state index is 0.203. The summed E-state index contributed by atoms with van der Waals surface area (Å²) in [5, 5.41) is 27.7. The molecule has 2 rings (SSSR count). The first-order chi connectivity index (χ1) is 15.2. The minimum atomic E-state index is 0.203. The van der Waals surface area contributed by atoms with E-state index in [2.05, 4.69) is 23.2 Å². The molecule has 0 aromatic heterocycles. The molecule has 2 N–H and O–H groups in total. The number of hydrogen-bond donors (Lipinski definition) is 2. The first-order valence-corrected chi connectivity index (χ1v) is 11.9. The summed E-state index contributed by atoms with van der Waals surface area (Å²) in [6.45, 7) is 2.27. The Hall–Kier alpha value is -2.62. The van der Waals surface area contributed by atoms with Gasteiger partial charge in [-0.25, -0.2) is 0 Å². The van der Waals surface area contributed by atoms with Crippen LogP contribution in [-0.2, 0) is 0 Å². The van der Waals surface area contributed by atoms with Crippen LogP contribution in [0.3, 0.4) is 0 Å². The summed E-state index contributed by atoms with van der Waals surface area (Å²) in [5.41, 5.74) is 2.23. The van der Waals surface area contributed by atoms with Gasteiger partial charge in [0.25, 0.3) is 0 Å². The van der Waals surface area contributed by atoms with Crippen molar-refractivity contribution in [2.24, 2.45) is 10.2 Å². The van der Waals surface area contributed by atoms with Gasteiger partial charge in [-0.3, -0.25) is 0 Å². The van der Waals surface area contributed by atoms with E-state index in [-0.39, 0.29) is 11.5 Å². The van der Waals surface area contributed by atoms with Crippen LogP contribution in [0.4, 0.5) is 11.4 Å². The highest BCUT2D eigenvalue weighted by Crippen LogP contribution is 2.28. The number of nitrogens with zero attached hydrogens (tertiary/aromatic N) is 2. The van der Waals surface area contributed by atoms with Crippen molar-refractivity contribution in [3.8, 4) is 11.5 Å². The molecular formula is C27H38N2O2. The summed E-state index contributed by atoms with van der Waals surface area (Å²) < 4.78 is 0. The maximum Gasteiger partial charge on any atom is 0.116 e. The van der Waals surface area contributed by atoms with Gasteiger partial charge >= 0.3 is 0 Å². The Labute approximate surface area is 187 Å². The molecule has 0 saturated heterocycles. The molecule has 2 aromatic rings. The summed E-state index contributed by atoms with van der Waals surface area (Å²) in [5.74, 6) is 0.424. The second-order valence-electron chi connectivity index (χ2n) is 8.19. The highest BCUT2D eigenvalue weighted by atomic mass is 16.3. The summed E-state index contributed by atoms with van der Waals surface area (Å²) in [4.78, 5) is 0. The summed E-state index contributed by atoms with van der Waals surface area (Å²) in [6, 6.07) is 11.7. The van der Waals surface area contributed by atoms with E-state index >= 15 is 0 Å². The average Bonchev–Trinajstić information content (AvgIpc) is 2.77. The Kier molecular flexibility index (Phi) is 12.1. The fourth-order valence-electron chi connectivity index (χ4n) is 3.53. The lowest BCUT2D eigenvalue weighted by molar-refractivity contribution is 0.474. The van der Waals surface area contributed by atoms with Crippen LogP contribution in [0.5, 0.6) is 11.5 Å². The Morgan fingerprint density at radius 1 is 0.677 bits per heavy atom. The highest BCUT2D eigenvalue weighted by molar-refractivity contribution is 5.65.